The molecule has 0 N–H and O–H groups in total. The third-order valence-electron chi connectivity index (χ3n) is 10.5. The van der Waals surface area contributed by atoms with Crippen LogP contribution < -0.4 is 4.90 Å². The lowest BCUT2D eigenvalue weighted by Gasteiger charge is -2.31. The zero-order valence-corrected chi connectivity index (χ0v) is 29.6. The lowest BCUT2D eigenvalue weighted by Crippen LogP contribution is -2.12. The third kappa shape index (κ3) is 5.53. The molecule has 0 unspecified atom stereocenters. The van der Waals surface area contributed by atoms with Crippen molar-refractivity contribution in [3.05, 3.63) is 212 Å². The number of hydrogen-bond acceptors (Lipinski definition) is 2. The topological polar surface area (TPSA) is 16.4 Å². The van der Waals surface area contributed by atoms with E-state index < -0.39 is 0 Å². The highest BCUT2D eigenvalue weighted by Gasteiger charge is 2.24. The van der Waals surface area contributed by atoms with Gasteiger partial charge in [-0.3, -0.25) is 0 Å². The fraction of sp³-hybridized carbons (Fsp3) is 0. The summed E-state index contributed by atoms with van der Waals surface area (Å²) in [7, 11) is 0. The minimum atomic E-state index is 0.903. The Labute approximate surface area is 314 Å². The fourth-order valence-corrected chi connectivity index (χ4v) is 7.96. The number of hydrogen-bond donors (Lipinski definition) is 0. The molecule has 0 saturated carbocycles. The summed E-state index contributed by atoms with van der Waals surface area (Å²) in [4.78, 5) is 2.45. The maximum absolute atomic E-state index is 6.15. The lowest BCUT2D eigenvalue weighted by molar-refractivity contribution is 0.669. The van der Waals surface area contributed by atoms with Gasteiger partial charge in [-0.25, -0.2) is 0 Å². The van der Waals surface area contributed by atoms with Crippen LogP contribution in [0.2, 0.25) is 0 Å². The van der Waals surface area contributed by atoms with E-state index in [9.17, 15) is 0 Å². The highest BCUT2D eigenvalue weighted by Crippen LogP contribution is 2.49. The van der Waals surface area contributed by atoms with Crippen LogP contribution in [0.5, 0.6) is 0 Å². The van der Waals surface area contributed by atoms with Crippen molar-refractivity contribution in [1.82, 2.24) is 0 Å². The van der Waals surface area contributed by atoms with Crippen molar-refractivity contribution in [2.75, 3.05) is 4.90 Å². The van der Waals surface area contributed by atoms with Crippen LogP contribution >= 0.6 is 0 Å². The van der Waals surface area contributed by atoms with E-state index in [0.717, 1.165) is 50.1 Å². The second-order valence-electron chi connectivity index (χ2n) is 13.7. The highest BCUT2D eigenvalue weighted by molar-refractivity contribution is 6.07. The SMILES string of the molecule is c1ccc(-c2ccccc2-c2c(-c3ccccc3)cccc2N(c2ccc(-c3ccc4oc5ccccc5c4c3)cc2)c2cccc3ccccc23)cc1. The predicted octanol–water partition coefficient (Wildman–Crippen LogP) is 14.9. The number of benzene rings is 9. The molecule has 0 aliphatic carbocycles. The van der Waals surface area contributed by atoms with Gasteiger partial charge in [-0.05, 0) is 86.8 Å². The van der Waals surface area contributed by atoms with Gasteiger partial charge in [-0.2, -0.15) is 0 Å². The quantitative estimate of drug-likeness (QED) is 0.166. The average Bonchev–Trinajstić information content (AvgIpc) is 3.63. The Balaban J connectivity index is 1.21. The summed E-state index contributed by atoms with van der Waals surface area (Å²) < 4.78 is 6.15. The van der Waals surface area contributed by atoms with Gasteiger partial charge in [-0.15, -0.1) is 0 Å². The van der Waals surface area contributed by atoms with E-state index in [1.165, 1.54) is 44.2 Å². The molecule has 0 atom stereocenters. The number of para-hydroxylation sites is 1. The monoisotopic (exact) mass is 689 g/mol. The van der Waals surface area contributed by atoms with Crippen molar-refractivity contribution in [3.8, 4) is 44.5 Å². The molecule has 2 nitrogen and oxygen atoms in total. The number of anilines is 3. The molecular formula is C52H35NO. The molecule has 254 valence electrons. The van der Waals surface area contributed by atoms with Gasteiger partial charge in [0.05, 0.1) is 11.4 Å². The molecule has 10 rings (SSSR count). The van der Waals surface area contributed by atoms with Crippen LogP contribution in [0.15, 0.2) is 217 Å². The molecule has 0 saturated heterocycles. The number of fused-ring (bicyclic) bond motifs is 4. The van der Waals surface area contributed by atoms with Crippen LogP contribution in [-0.4, -0.2) is 0 Å². The van der Waals surface area contributed by atoms with E-state index in [-0.39, 0.29) is 0 Å². The fourth-order valence-electron chi connectivity index (χ4n) is 7.96. The van der Waals surface area contributed by atoms with Crippen LogP contribution in [0.4, 0.5) is 17.1 Å². The summed E-state index contributed by atoms with van der Waals surface area (Å²) >= 11 is 0. The van der Waals surface area contributed by atoms with Crippen LogP contribution in [0, 0.1) is 0 Å². The van der Waals surface area contributed by atoms with Gasteiger partial charge in [0.25, 0.3) is 0 Å². The standard InChI is InChI=1S/C52H35NO/c1-3-15-37(16-4-1)42-21-9-10-24-46(42)52-44(39-17-5-2-6-18-39)25-14-27-49(52)53(48-26-13-20-38-19-7-8-22-43(38)48)41-32-29-36(30-33-41)40-31-34-51-47(35-40)45-23-11-12-28-50(45)54-51/h1-35H. The molecule has 1 aromatic heterocycles. The van der Waals surface area contributed by atoms with Gasteiger partial charge < -0.3 is 9.32 Å². The Bertz CT molecular complexity index is 2920. The van der Waals surface area contributed by atoms with Gasteiger partial charge in [0, 0.05) is 27.4 Å². The predicted molar refractivity (Wildman–Crippen MR) is 228 cm³/mol. The van der Waals surface area contributed by atoms with Gasteiger partial charge in [0.2, 0.25) is 0 Å². The average molecular weight is 690 g/mol. The van der Waals surface area contributed by atoms with Crippen molar-refractivity contribution < 1.29 is 4.42 Å². The third-order valence-corrected chi connectivity index (χ3v) is 10.5. The summed E-state index contributed by atoms with van der Waals surface area (Å²) in [6.45, 7) is 0. The Hall–Kier alpha value is -7.16. The molecule has 9 aromatic carbocycles. The molecular weight excluding hydrogens is 655 g/mol. The Morgan fingerprint density at radius 1 is 0.315 bits per heavy atom. The number of nitrogens with zero attached hydrogens (tertiary/aromatic N) is 1. The van der Waals surface area contributed by atoms with Gasteiger partial charge in [-0.1, -0.05) is 170 Å². The van der Waals surface area contributed by atoms with Crippen molar-refractivity contribution in [1.29, 1.82) is 0 Å². The molecule has 54 heavy (non-hydrogen) atoms. The minimum absolute atomic E-state index is 0.903. The Morgan fingerprint density at radius 3 is 1.67 bits per heavy atom. The molecule has 0 aliphatic heterocycles. The number of furan rings is 1. The normalized spacial score (nSPS) is 11.3. The molecule has 0 spiro atoms. The molecule has 0 aliphatic rings. The summed E-state index contributed by atoms with van der Waals surface area (Å²) in [6, 6.07) is 76.1. The zero-order valence-electron chi connectivity index (χ0n) is 29.6. The van der Waals surface area contributed by atoms with E-state index in [1.807, 2.05) is 12.1 Å². The van der Waals surface area contributed by atoms with Crippen molar-refractivity contribution in [3.63, 3.8) is 0 Å². The Morgan fingerprint density at radius 2 is 0.870 bits per heavy atom. The smallest absolute Gasteiger partial charge is 0.135 e. The molecule has 2 heteroatoms. The molecule has 0 amide bonds. The van der Waals surface area contributed by atoms with Crippen LogP contribution in [0.3, 0.4) is 0 Å². The second kappa shape index (κ2) is 13.4. The van der Waals surface area contributed by atoms with E-state index in [4.69, 9.17) is 4.42 Å². The molecule has 10 aromatic rings. The van der Waals surface area contributed by atoms with Crippen LogP contribution in [-0.2, 0) is 0 Å². The van der Waals surface area contributed by atoms with Crippen LogP contribution in [0.25, 0.3) is 77.2 Å². The summed E-state index contributed by atoms with van der Waals surface area (Å²) in [5.74, 6) is 0. The van der Waals surface area contributed by atoms with Crippen molar-refractivity contribution in [2.45, 2.75) is 0 Å². The molecule has 1 heterocycles. The van der Waals surface area contributed by atoms with Gasteiger partial charge >= 0.3 is 0 Å². The first-order valence-corrected chi connectivity index (χ1v) is 18.4. The maximum Gasteiger partial charge on any atom is 0.135 e. The lowest BCUT2D eigenvalue weighted by atomic mass is 9.87. The first kappa shape index (κ1) is 31.6. The molecule has 0 bridgehead atoms. The maximum atomic E-state index is 6.15. The molecule has 0 radical (unpaired) electrons. The van der Waals surface area contributed by atoms with E-state index in [1.54, 1.807) is 0 Å². The first-order valence-electron chi connectivity index (χ1n) is 18.4. The van der Waals surface area contributed by atoms with E-state index in [0.29, 0.717) is 0 Å². The first-order chi connectivity index (χ1) is 26.8. The van der Waals surface area contributed by atoms with Gasteiger partial charge in [0.1, 0.15) is 11.2 Å². The Kier molecular flexibility index (Phi) is 7.85. The summed E-state index contributed by atoms with van der Waals surface area (Å²) in [5.41, 5.74) is 14.5. The highest BCUT2D eigenvalue weighted by atomic mass is 16.3. The second-order valence-corrected chi connectivity index (χ2v) is 13.7. The van der Waals surface area contributed by atoms with Crippen LogP contribution in [0.1, 0.15) is 0 Å². The van der Waals surface area contributed by atoms with E-state index in [2.05, 4.69) is 205 Å². The minimum Gasteiger partial charge on any atom is -0.456 e. The summed E-state index contributed by atoms with van der Waals surface area (Å²) in [5, 5.41) is 4.65. The van der Waals surface area contributed by atoms with E-state index >= 15 is 0 Å². The zero-order chi connectivity index (χ0) is 35.8. The van der Waals surface area contributed by atoms with Gasteiger partial charge in [0.15, 0.2) is 0 Å². The van der Waals surface area contributed by atoms with Crippen molar-refractivity contribution >= 4 is 49.8 Å². The summed E-state index contributed by atoms with van der Waals surface area (Å²) in [6.07, 6.45) is 0. The number of rotatable bonds is 7. The largest absolute Gasteiger partial charge is 0.456 e. The molecule has 0 fully saturated rings. The van der Waals surface area contributed by atoms with Crippen molar-refractivity contribution in [2.24, 2.45) is 0 Å².